The molecule has 3 rings (SSSR count). The Morgan fingerprint density at radius 2 is 1.79 bits per heavy atom. The van der Waals surface area contributed by atoms with Crippen LogP contribution in [0.5, 0.6) is 0 Å². The molecule has 0 radical (unpaired) electrons. The van der Waals surface area contributed by atoms with Gasteiger partial charge in [0, 0.05) is 5.02 Å². The summed E-state index contributed by atoms with van der Waals surface area (Å²) < 4.78 is 5.01. The van der Waals surface area contributed by atoms with E-state index >= 15 is 0 Å². The maximum absolute atomic E-state index is 12.5. The quantitative estimate of drug-likeness (QED) is 0.612. The second-order valence-electron chi connectivity index (χ2n) is 5.52. The van der Waals surface area contributed by atoms with Crippen LogP contribution < -0.4 is 5.01 Å². The molecular formula is C18H15ClN2O2S. The summed E-state index contributed by atoms with van der Waals surface area (Å²) in [6, 6.07) is 16.6. The molecule has 122 valence electrons. The molecule has 0 N–H and O–H groups in total. The van der Waals surface area contributed by atoms with Gasteiger partial charge in [0.1, 0.15) is 4.99 Å². The van der Waals surface area contributed by atoms with E-state index in [2.05, 4.69) is 5.10 Å². The zero-order valence-corrected chi connectivity index (χ0v) is 14.8. The summed E-state index contributed by atoms with van der Waals surface area (Å²) in [5, 5.41) is 6.84. The van der Waals surface area contributed by atoms with E-state index in [1.165, 1.54) is 7.11 Å². The minimum Gasteiger partial charge on any atom is -0.468 e. The van der Waals surface area contributed by atoms with Crippen LogP contribution >= 0.6 is 23.8 Å². The van der Waals surface area contributed by atoms with Gasteiger partial charge in [-0.15, -0.1) is 0 Å². The Hall–Kier alpha value is -2.24. The summed E-state index contributed by atoms with van der Waals surface area (Å²) in [6.45, 7) is 1.73. The van der Waals surface area contributed by atoms with Gasteiger partial charge in [-0.25, -0.2) is 5.01 Å². The van der Waals surface area contributed by atoms with E-state index in [1.807, 2.05) is 42.5 Å². The number of esters is 1. The highest BCUT2D eigenvalue weighted by Gasteiger charge is 2.52. The van der Waals surface area contributed by atoms with Crippen LogP contribution in [0.4, 0.5) is 5.69 Å². The Kier molecular flexibility index (Phi) is 4.39. The molecule has 0 bridgehead atoms. The van der Waals surface area contributed by atoms with Crippen LogP contribution in [0, 0.1) is 5.41 Å². The van der Waals surface area contributed by atoms with Crippen molar-refractivity contribution in [2.75, 3.05) is 12.1 Å². The van der Waals surface area contributed by atoms with Gasteiger partial charge < -0.3 is 4.74 Å². The third-order valence-electron chi connectivity index (χ3n) is 4.01. The van der Waals surface area contributed by atoms with E-state index in [0.29, 0.717) is 15.7 Å². The van der Waals surface area contributed by atoms with E-state index in [1.54, 1.807) is 24.1 Å². The van der Waals surface area contributed by atoms with E-state index in [0.717, 1.165) is 11.3 Å². The number of hydrogen-bond acceptors (Lipinski definition) is 4. The average Bonchev–Trinajstić information content (AvgIpc) is 2.89. The number of para-hydroxylation sites is 1. The van der Waals surface area contributed by atoms with Crippen molar-refractivity contribution in [1.29, 1.82) is 0 Å². The summed E-state index contributed by atoms with van der Waals surface area (Å²) >= 11 is 11.6. The average molecular weight is 359 g/mol. The predicted molar refractivity (Wildman–Crippen MR) is 99.6 cm³/mol. The molecule has 1 unspecified atom stereocenters. The Morgan fingerprint density at radius 1 is 1.17 bits per heavy atom. The standard InChI is InChI=1S/C18H15ClN2O2S/c1-18(17(22)23-2)15(12-8-10-13(19)11-9-12)20-21(16(18)24)14-6-4-3-5-7-14/h3-11H,1-2H3. The fraction of sp³-hybridized carbons (Fsp3) is 0.167. The van der Waals surface area contributed by atoms with Gasteiger partial charge in [-0.2, -0.15) is 5.10 Å². The van der Waals surface area contributed by atoms with Crippen molar-refractivity contribution in [1.82, 2.24) is 0 Å². The number of hydrazone groups is 1. The molecule has 4 nitrogen and oxygen atoms in total. The third-order valence-corrected chi connectivity index (χ3v) is 4.84. The van der Waals surface area contributed by atoms with Gasteiger partial charge in [-0.05, 0) is 36.8 Å². The molecular weight excluding hydrogens is 344 g/mol. The zero-order valence-electron chi connectivity index (χ0n) is 13.2. The van der Waals surface area contributed by atoms with E-state index < -0.39 is 11.4 Å². The Bertz CT molecular complexity index is 821. The maximum atomic E-state index is 12.5. The van der Waals surface area contributed by atoms with Crippen molar-refractivity contribution in [3.63, 3.8) is 0 Å². The highest BCUT2D eigenvalue weighted by molar-refractivity contribution is 7.81. The molecule has 0 spiro atoms. The van der Waals surface area contributed by atoms with Crippen molar-refractivity contribution in [2.24, 2.45) is 10.5 Å². The summed E-state index contributed by atoms with van der Waals surface area (Å²) in [5.41, 5.74) is 0.961. The fourth-order valence-corrected chi connectivity index (χ4v) is 3.10. The Morgan fingerprint density at radius 3 is 2.38 bits per heavy atom. The second kappa shape index (κ2) is 6.34. The van der Waals surface area contributed by atoms with Crippen molar-refractivity contribution < 1.29 is 9.53 Å². The van der Waals surface area contributed by atoms with Crippen LogP contribution in [-0.4, -0.2) is 23.8 Å². The first-order chi connectivity index (χ1) is 11.5. The first kappa shape index (κ1) is 16.6. The number of anilines is 1. The lowest BCUT2D eigenvalue weighted by Crippen LogP contribution is -2.44. The number of carbonyl (C=O) groups is 1. The SMILES string of the molecule is COC(=O)C1(C)C(=S)N(c2ccccc2)N=C1c1ccc(Cl)cc1. The molecule has 2 aromatic rings. The number of hydrogen-bond donors (Lipinski definition) is 0. The summed E-state index contributed by atoms with van der Waals surface area (Å²) in [7, 11) is 1.35. The lowest BCUT2D eigenvalue weighted by molar-refractivity contribution is -0.144. The molecule has 1 atom stereocenters. The third kappa shape index (κ3) is 2.60. The highest BCUT2D eigenvalue weighted by atomic mass is 35.5. The lowest BCUT2D eigenvalue weighted by atomic mass is 9.82. The van der Waals surface area contributed by atoms with Crippen molar-refractivity contribution in [2.45, 2.75) is 6.92 Å². The van der Waals surface area contributed by atoms with E-state index in [-0.39, 0.29) is 0 Å². The normalized spacial score (nSPS) is 20.0. The topological polar surface area (TPSA) is 41.9 Å². The van der Waals surface area contributed by atoms with Crippen molar-refractivity contribution in [3.05, 3.63) is 65.2 Å². The largest absolute Gasteiger partial charge is 0.468 e. The van der Waals surface area contributed by atoms with Crippen LogP contribution in [0.1, 0.15) is 12.5 Å². The van der Waals surface area contributed by atoms with Gasteiger partial charge >= 0.3 is 5.97 Å². The summed E-state index contributed by atoms with van der Waals surface area (Å²) in [4.78, 5) is 12.9. The number of halogens is 1. The summed E-state index contributed by atoms with van der Waals surface area (Å²) in [6.07, 6.45) is 0. The minimum absolute atomic E-state index is 0.380. The van der Waals surface area contributed by atoms with Crippen LogP contribution in [0.3, 0.4) is 0 Å². The Balaban J connectivity index is 2.15. The molecule has 1 aliphatic rings. The molecule has 0 aromatic heterocycles. The molecule has 0 fully saturated rings. The molecule has 6 heteroatoms. The molecule has 0 amide bonds. The molecule has 1 aliphatic heterocycles. The molecule has 2 aromatic carbocycles. The predicted octanol–water partition coefficient (Wildman–Crippen LogP) is 4.07. The van der Waals surface area contributed by atoms with Gasteiger partial charge in [-0.3, -0.25) is 4.79 Å². The van der Waals surface area contributed by atoms with Crippen molar-refractivity contribution >= 4 is 46.2 Å². The van der Waals surface area contributed by atoms with Crippen LogP contribution in [-0.2, 0) is 9.53 Å². The molecule has 1 heterocycles. The first-order valence-electron chi connectivity index (χ1n) is 7.31. The minimum atomic E-state index is -1.15. The van der Waals surface area contributed by atoms with Crippen LogP contribution in [0.15, 0.2) is 59.7 Å². The highest BCUT2D eigenvalue weighted by Crippen LogP contribution is 2.37. The first-order valence-corrected chi connectivity index (χ1v) is 8.10. The van der Waals surface area contributed by atoms with Crippen molar-refractivity contribution in [3.8, 4) is 0 Å². The van der Waals surface area contributed by atoms with Gasteiger partial charge in [0.15, 0.2) is 5.41 Å². The molecule has 24 heavy (non-hydrogen) atoms. The monoisotopic (exact) mass is 358 g/mol. The van der Waals surface area contributed by atoms with Gasteiger partial charge in [0.25, 0.3) is 0 Å². The number of rotatable bonds is 3. The number of ether oxygens (including phenoxy) is 1. The number of methoxy groups -OCH3 is 1. The number of nitrogens with zero attached hydrogens (tertiary/aromatic N) is 2. The van der Waals surface area contributed by atoms with Gasteiger partial charge in [0.2, 0.25) is 0 Å². The van der Waals surface area contributed by atoms with Gasteiger partial charge in [-0.1, -0.05) is 54.2 Å². The van der Waals surface area contributed by atoms with Crippen LogP contribution in [0.2, 0.25) is 5.02 Å². The second-order valence-corrected chi connectivity index (χ2v) is 6.35. The zero-order chi connectivity index (χ0) is 17.3. The lowest BCUT2D eigenvalue weighted by Gasteiger charge is -2.24. The Labute approximate surface area is 150 Å². The molecule has 0 saturated carbocycles. The van der Waals surface area contributed by atoms with Gasteiger partial charge in [0.05, 0.1) is 18.5 Å². The molecule has 0 aliphatic carbocycles. The smallest absolute Gasteiger partial charge is 0.324 e. The summed E-state index contributed by atoms with van der Waals surface area (Å²) in [5.74, 6) is -0.445. The number of benzene rings is 2. The van der Waals surface area contributed by atoms with E-state index in [9.17, 15) is 4.79 Å². The van der Waals surface area contributed by atoms with E-state index in [4.69, 9.17) is 28.6 Å². The number of carbonyl (C=O) groups excluding carboxylic acids is 1. The molecule has 0 saturated heterocycles. The maximum Gasteiger partial charge on any atom is 0.324 e. The van der Waals surface area contributed by atoms with Crippen LogP contribution in [0.25, 0.3) is 0 Å². The number of thiocarbonyl (C=S) groups is 1. The fourth-order valence-electron chi connectivity index (χ4n) is 2.64.